The van der Waals surface area contributed by atoms with Gasteiger partial charge in [0.1, 0.15) is 23.8 Å². The van der Waals surface area contributed by atoms with Crippen molar-refractivity contribution in [1.29, 1.82) is 0 Å². The number of aliphatic hydroxyl groups is 1. The summed E-state index contributed by atoms with van der Waals surface area (Å²) in [5.41, 5.74) is 5.74. The SMILES string of the molecule is CNCN[C@@H](CCC(=O)N[C@@H](CS[C@H]1C2=C3[C@H](C(=O)O2)C([C@@H]2NCCC[C@H]2Cc2ccccc2)=C(Cc2ccncc2)C[C@H]3C2(CCCC2)CCCCC12CCCC2)C(=O)N[C@@H](O)C(=O)O)C(=O)O. The molecule has 69 heavy (non-hydrogen) atoms. The number of amides is 2. The van der Waals surface area contributed by atoms with Gasteiger partial charge >= 0.3 is 17.9 Å². The number of aliphatic hydroxyl groups excluding tert-OH is 1. The quantitative estimate of drug-likeness (QED) is 0.0475. The number of carbonyl (C=O) groups excluding carboxylic acids is 3. The molecule has 4 aliphatic carbocycles. The Labute approximate surface area is 410 Å². The van der Waals surface area contributed by atoms with Crippen molar-refractivity contribution in [3.8, 4) is 0 Å². The fourth-order valence-electron chi connectivity index (χ4n) is 13.2. The van der Waals surface area contributed by atoms with E-state index in [-0.39, 0.29) is 65.2 Å². The molecule has 1 aromatic heterocycles. The van der Waals surface area contributed by atoms with Crippen LogP contribution in [-0.2, 0) is 41.6 Å². The van der Waals surface area contributed by atoms with Crippen LogP contribution >= 0.6 is 11.8 Å². The van der Waals surface area contributed by atoms with Crippen molar-refractivity contribution in [3.63, 3.8) is 0 Å². The molecule has 8 N–H and O–H groups in total. The number of rotatable bonds is 19. The number of carbonyl (C=O) groups is 5. The first-order valence-electron chi connectivity index (χ1n) is 25.5. The van der Waals surface area contributed by atoms with E-state index in [2.05, 4.69) is 68.0 Å². The van der Waals surface area contributed by atoms with E-state index in [0.717, 1.165) is 132 Å². The number of fused-ring (bicyclic) bond motifs is 1. The molecule has 3 fully saturated rings. The largest absolute Gasteiger partial charge is 0.480 e. The number of carboxylic acid groups (broad SMARTS) is 2. The molecule has 2 aliphatic heterocycles. The van der Waals surface area contributed by atoms with E-state index in [4.69, 9.17) is 4.74 Å². The summed E-state index contributed by atoms with van der Waals surface area (Å²) in [4.78, 5) is 71.1. The Hall–Kier alpha value is -4.61. The first-order chi connectivity index (χ1) is 33.4. The number of hydrogen-bond donors (Lipinski definition) is 8. The average molecular weight is 969 g/mol. The molecule has 374 valence electrons. The fourth-order valence-corrected chi connectivity index (χ4v) is 14.8. The summed E-state index contributed by atoms with van der Waals surface area (Å²) in [6, 6.07) is 12.4. The Bertz CT molecular complexity index is 2210. The third-order valence-corrected chi connectivity index (χ3v) is 18.0. The highest BCUT2D eigenvalue weighted by Gasteiger charge is 2.58. The van der Waals surface area contributed by atoms with Crippen LogP contribution in [0.5, 0.6) is 0 Å². The van der Waals surface area contributed by atoms with Gasteiger partial charge in [-0.05, 0) is 148 Å². The molecule has 8 atom stereocenters. The summed E-state index contributed by atoms with van der Waals surface area (Å²) in [6.45, 7) is 1.05. The maximum atomic E-state index is 15.4. The van der Waals surface area contributed by atoms with Crippen molar-refractivity contribution in [2.45, 2.75) is 152 Å². The molecule has 6 aliphatic rings. The van der Waals surface area contributed by atoms with Gasteiger partial charge in [-0.1, -0.05) is 74.4 Å². The third-order valence-electron chi connectivity index (χ3n) is 16.4. The molecule has 2 saturated carbocycles. The van der Waals surface area contributed by atoms with Crippen molar-refractivity contribution < 1.29 is 44.0 Å². The van der Waals surface area contributed by atoms with Gasteiger partial charge < -0.3 is 41.3 Å². The molecule has 3 heterocycles. The number of allylic oxidation sites excluding steroid dienone is 1. The summed E-state index contributed by atoms with van der Waals surface area (Å²) in [6.07, 6.45) is 18.1. The predicted molar refractivity (Wildman–Crippen MR) is 262 cm³/mol. The fraction of sp³-hybridized carbons (Fsp3) is 0.623. The maximum Gasteiger partial charge on any atom is 0.353 e. The molecule has 0 radical (unpaired) electrons. The van der Waals surface area contributed by atoms with Gasteiger partial charge in [0.25, 0.3) is 0 Å². The highest BCUT2D eigenvalue weighted by Crippen LogP contribution is 2.63. The average Bonchev–Trinajstić information content (AvgIpc) is 4.11. The maximum absolute atomic E-state index is 15.4. The smallest absolute Gasteiger partial charge is 0.353 e. The van der Waals surface area contributed by atoms with Crippen LogP contribution in [0.2, 0.25) is 0 Å². The molecule has 0 bridgehead atoms. The Morgan fingerprint density at radius 3 is 2.14 bits per heavy atom. The van der Waals surface area contributed by atoms with Crippen LogP contribution in [0.1, 0.15) is 120 Å². The first-order valence-corrected chi connectivity index (χ1v) is 26.5. The summed E-state index contributed by atoms with van der Waals surface area (Å²) >= 11 is 1.48. The number of ether oxygens (including phenoxy) is 1. The third kappa shape index (κ3) is 11.6. The van der Waals surface area contributed by atoms with Crippen LogP contribution in [0.3, 0.4) is 0 Å². The van der Waals surface area contributed by atoms with Crippen molar-refractivity contribution in [3.05, 3.63) is 88.5 Å². The lowest BCUT2D eigenvalue weighted by Crippen LogP contribution is -2.53. The number of piperidine rings is 1. The van der Waals surface area contributed by atoms with Crippen molar-refractivity contribution >= 4 is 41.5 Å². The summed E-state index contributed by atoms with van der Waals surface area (Å²) in [5, 5.41) is 43.9. The zero-order chi connectivity index (χ0) is 48.5. The minimum atomic E-state index is -2.21. The molecule has 2 aromatic rings. The number of aromatic nitrogens is 1. The Morgan fingerprint density at radius 1 is 0.841 bits per heavy atom. The topological polar surface area (TPSA) is 228 Å². The van der Waals surface area contributed by atoms with E-state index in [0.29, 0.717) is 6.42 Å². The zero-order valence-electron chi connectivity index (χ0n) is 40.0. The van der Waals surface area contributed by atoms with Crippen LogP contribution in [0.15, 0.2) is 77.3 Å². The number of carboxylic acids is 2. The number of nitrogens with zero attached hydrogens (tertiary/aromatic N) is 1. The van der Waals surface area contributed by atoms with E-state index >= 15 is 4.79 Å². The summed E-state index contributed by atoms with van der Waals surface area (Å²) in [5.74, 6) is -4.04. The normalized spacial score (nSPS) is 26.5. The predicted octanol–water partition coefficient (Wildman–Crippen LogP) is 5.78. The van der Waals surface area contributed by atoms with E-state index in [9.17, 15) is 34.5 Å². The van der Waals surface area contributed by atoms with Gasteiger partial charge in [0.15, 0.2) is 0 Å². The van der Waals surface area contributed by atoms with Crippen LogP contribution in [0.4, 0.5) is 0 Å². The van der Waals surface area contributed by atoms with E-state index < -0.39 is 48.0 Å². The molecular formula is C53H72N6O9S. The van der Waals surface area contributed by atoms with E-state index in [1.165, 1.54) is 22.9 Å². The van der Waals surface area contributed by atoms with Crippen molar-refractivity contribution in [2.24, 2.45) is 28.6 Å². The van der Waals surface area contributed by atoms with Gasteiger partial charge in [0, 0.05) is 37.3 Å². The number of aliphatic carboxylic acids is 2. The van der Waals surface area contributed by atoms with Gasteiger partial charge in [-0.15, -0.1) is 11.8 Å². The number of thioether (sulfide) groups is 1. The minimum Gasteiger partial charge on any atom is -0.480 e. The van der Waals surface area contributed by atoms with Gasteiger partial charge in [-0.25, -0.2) is 4.79 Å². The van der Waals surface area contributed by atoms with Gasteiger partial charge in [0.05, 0.1) is 5.25 Å². The monoisotopic (exact) mass is 969 g/mol. The number of benzene rings is 1. The first kappa shape index (κ1) is 50.8. The van der Waals surface area contributed by atoms with Crippen LogP contribution in [0, 0.1) is 28.6 Å². The molecule has 1 saturated heterocycles. The summed E-state index contributed by atoms with van der Waals surface area (Å²) < 4.78 is 6.95. The second kappa shape index (κ2) is 23.1. The van der Waals surface area contributed by atoms with Gasteiger partial charge in [-0.2, -0.15) is 0 Å². The van der Waals surface area contributed by atoms with Crippen LogP contribution in [0.25, 0.3) is 0 Å². The van der Waals surface area contributed by atoms with Gasteiger partial charge in [-0.3, -0.25) is 29.5 Å². The van der Waals surface area contributed by atoms with Crippen molar-refractivity contribution in [2.75, 3.05) is 26.0 Å². The summed E-state index contributed by atoms with van der Waals surface area (Å²) in [7, 11) is 1.66. The van der Waals surface area contributed by atoms with E-state index in [1.54, 1.807) is 7.05 Å². The highest BCUT2D eigenvalue weighted by atomic mass is 32.2. The molecule has 15 nitrogen and oxygen atoms in total. The van der Waals surface area contributed by atoms with Crippen LogP contribution < -0.4 is 26.6 Å². The van der Waals surface area contributed by atoms with E-state index in [1.807, 2.05) is 18.5 Å². The highest BCUT2D eigenvalue weighted by molar-refractivity contribution is 8.00. The second-order valence-electron chi connectivity index (χ2n) is 20.6. The van der Waals surface area contributed by atoms with Crippen LogP contribution in [-0.4, -0.2) is 106 Å². The Balaban J connectivity index is 1.22. The number of hydrogen-bond acceptors (Lipinski definition) is 12. The number of nitrogens with one attached hydrogen (secondary N) is 5. The molecule has 1 aromatic carbocycles. The zero-order valence-corrected chi connectivity index (χ0v) is 40.8. The molecule has 2 spiro atoms. The Morgan fingerprint density at radius 2 is 1.51 bits per heavy atom. The second-order valence-corrected chi connectivity index (χ2v) is 21.8. The molecule has 8 rings (SSSR count). The number of pyridine rings is 1. The molecule has 2 amide bonds. The lowest BCUT2D eigenvalue weighted by atomic mass is 9.56. The Kier molecular flexibility index (Phi) is 17.0. The molecule has 16 heteroatoms. The minimum absolute atomic E-state index is 0.00911. The molecular weight excluding hydrogens is 897 g/mol. The van der Waals surface area contributed by atoms with Gasteiger partial charge in [0.2, 0.25) is 18.0 Å². The molecule has 0 unspecified atom stereocenters. The lowest BCUT2D eigenvalue weighted by Gasteiger charge is -2.48. The van der Waals surface area contributed by atoms with Crippen molar-refractivity contribution in [1.82, 2.24) is 31.6 Å². The number of esters is 1. The lowest BCUT2D eigenvalue weighted by molar-refractivity contribution is -0.151. The standard InChI is InChI=1S/C53H72N6O9S/c1-54-32-57-38(49(63)64)15-16-40(60)58-39(47(61)59-48(62)50(65)66)31-69-46-45-42-37(52(19-5-6-20-52)21-7-8-22-53(46)23-9-10-24-53)30-36(29-34-17-26-55-27-18-34)41(43(42)51(67)68-45)44-35(14-11-25-56-44)28-33-12-3-2-4-13-33/h2-4,12-13,17-18,26-27,35,37-39,43-44,46,48,54,56-57,62H,5-11,14-16,19-25,28-32H2,1H3,(H,58,60)(H,59,61)(H,63,64)(H,65,66)/t35-,37+,38-,39-,43+,44+,46-,48-/m0/s1.